The first kappa shape index (κ1) is 14.0. The largest absolute Gasteiger partial charge is 0.497 e. The lowest BCUT2D eigenvalue weighted by Gasteiger charge is -2.28. The van der Waals surface area contributed by atoms with Crippen molar-refractivity contribution in [2.75, 3.05) is 12.4 Å². The summed E-state index contributed by atoms with van der Waals surface area (Å²) in [5, 5.41) is 3.73. The number of hydrogen-bond acceptors (Lipinski definition) is 2. The fourth-order valence-corrected chi connectivity index (χ4v) is 3.22. The second kappa shape index (κ2) is 5.80. The zero-order chi connectivity index (χ0) is 14.8. The Bertz CT molecular complexity index is 648. The molecule has 0 bridgehead atoms. The highest BCUT2D eigenvalue weighted by Crippen LogP contribution is 2.35. The van der Waals surface area contributed by atoms with Crippen LogP contribution in [0.4, 0.5) is 5.69 Å². The molecule has 0 saturated heterocycles. The quantitative estimate of drug-likeness (QED) is 0.872. The SMILES string of the molecule is COc1ccc2c(c1)C(Nc1ccc(C)cc1C)CCC2. The van der Waals surface area contributed by atoms with Crippen LogP contribution in [-0.2, 0) is 6.42 Å². The predicted octanol–water partition coefficient (Wildman–Crippen LogP) is 4.80. The maximum atomic E-state index is 5.39. The summed E-state index contributed by atoms with van der Waals surface area (Å²) in [5.41, 5.74) is 6.69. The third-order valence-corrected chi connectivity index (χ3v) is 4.38. The molecule has 0 aliphatic heterocycles. The van der Waals surface area contributed by atoms with Crippen LogP contribution in [-0.4, -0.2) is 7.11 Å². The van der Waals surface area contributed by atoms with Crippen LogP contribution < -0.4 is 10.1 Å². The summed E-state index contributed by atoms with van der Waals surface area (Å²) in [6.45, 7) is 4.31. The molecule has 3 rings (SSSR count). The second-order valence-corrected chi connectivity index (χ2v) is 5.97. The fourth-order valence-electron chi connectivity index (χ4n) is 3.22. The lowest BCUT2D eigenvalue weighted by molar-refractivity contribution is 0.413. The van der Waals surface area contributed by atoms with Gasteiger partial charge in [-0.1, -0.05) is 23.8 Å². The molecule has 21 heavy (non-hydrogen) atoms. The summed E-state index contributed by atoms with van der Waals surface area (Å²) < 4.78 is 5.39. The van der Waals surface area contributed by atoms with Crippen molar-refractivity contribution < 1.29 is 4.74 Å². The first-order chi connectivity index (χ1) is 10.2. The normalized spacial score (nSPS) is 17.2. The predicted molar refractivity (Wildman–Crippen MR) is 88.2 cm³/mol. The minimum Gasteiger partial charge on any atom is -0.497 e. The Labute approximate surface area is 127 Å². The number of fused-ring (bicyclic) bond motifs is 1. The number of ether oxygens (including phenoxy) is 1. The van der Waals surface area contributed by atoms with Crippen LogP contribution >= 0.6 is 0 Å². The van der Waals surface area contributed by atoms with Crippen LogP contribution in [0.1, 0.15) is 41.1 Å². The molecule has 1 aliphatic rings. The minimum absolute atomic E-state index is 0.380. The number of anilines is 1. The number of aryl methyl sites for hydroxylation is 3. The first-order valence-corrected chi connectivity index (χ1v) is 7.68. The van der Waals surface area contributed by atoms with E-state index in [0.717, 1.165) is 5.75 Å². The zero-order valence-electron chi connectivity index (χ0n) is 13.1. The van der Waals surface area contributed by atoms with E-state index in [4.69, 9.17) is 4.74 Å². The molecule has 1 N–H and O–H groups in total. The van der Waals surface area contributed by atoms with Gasteiger partial charge in [0, 0.05) is 5.69 Å². The fraction of sp³-hybridized carbons (Fsp3) is 0.368. The summed E-state index contributed by atoms with van der Waals surface area (Å²) in [7, 11) is 1.73. The third kappa shape index (κ3) is 2.90. The molecule has 110 valence electrons. The number of nitrogens with one attached hydrogen (secondary N) is 1. The molecular weight excluding hydrogens is 258 g/mol. The van der Waals surface area contributed by atoms with Gasteiger partial charge in [0.2, 0.25) is 0 Å². The molecule has 0 amide bonds. The molecule has 0 fully saturated rings. The van der Waals surface area contributed by atoms with Gasteiger partial charge in [-0.15, -0.1) is 0 Å². The van der Waals surface area contributed by atoms with E-state index in [1.165, 1.54) is 47.2 Å². The van der Waals surface area contributed by atoms with Crippen LogP contribution in [0.15, 0.2) is 36.4 Å². The van der Waals surface area contributed by atoms with E-state index in [2.05, 4.69) is 55.6 Å². The summed E-state index contributed by atoms with van der Waals surface area (Å²) in [6.07, 6.45) is 3.58. The lowest BCUT2D eigenvalue weighted by Crippen LogP contribution is -2.18. The van der Waals surface area contributed by atoms with Crippen molar-refractivity contribution in [3.8, 4) is 5.75 Å². The third-order valence-electron chi connectivity index (χ3n) is 4.38. The van der Waals surface area contributed by atoms with Gasteiger partial charge in [-0.25, -0.2) is 0 Å². The van der Waals surface area contributed by atoms with Crippen molar-refractivity contribution in [1.82, 2.24) is 0 Å². The maximum absolute atomic E-state index is 5.39. The van der Waals surface area contributed by atoms with Crippen LogP contribution in [0.3, 0.4) is 0 Å². The molecule has 0 aromatic heterocycles. The Morgan fingerprint density at radius 3 is 2.71 bits per heavy atom. The molecule has 0 radical (unpaired) electrons. The number of methoxy groups -OCH3 is 1. The summed E-state index contributed by atoms with van der Waals surface area (Å²) in [4.78, 5) is 0. The molecule has 2 aromatic rings. The average molecular weight is 281 g/mol. The highest BCUT2D eigenvalue weighted by molar-refractivity contribution is 5.54. The number of rotatable bonds is 3. The highest BCUT2D eigenvalue weighted by Gasteiger charge is 2.21. The van der Waals surface area contributed by atoms with E-state index in [9.17, 15) is 0 Å². The molecule has 0 saturated carbocycles. The molecule has 2 heteroatoms. The standard InChI is InChI=1S/C19H23NO/c1-13-7-10-18(14(2)11-13)20-19-6-4-5-15-8-9-16(21-3)12-17(15)19/h7-12,19-20H,4-6H2,1-3H3. The molecule has 1 aliphatic carbocycles. The first-order valence-electron chi connectivity index (χ1n) is 7.68. The summed E-state index contributed by atoms with van der Waals surface area (Å²) in [5.74, 6) is 0.947. The van der Waals surface area contributed by atoms with Gasteiger partial charge in [0.1, 0.15) is 5.75 Å². The van der Waals surface area contributed by atoms with E-state index in [-0.39, 0.29) is 0 Å². The van der Waals surface area contributed by atoms with Gasteiger partial charge < -0.3 is 10.1 Å². The Balaban J connectivity index is 1.90. The van der Waals surface area contributed by atoms with Crippen molar-refractivity contribution in [2.24, 2.45) is 0 Å². The Morgan fingerprint density at radius 1 is 1.10 bits per heavy atom. The maximum Gasteiger partial charge on any atom is 0.119 e. The topological polar surface area (TPSA) is 21.3 Å². The van der Waals surface area contributed by atoms with Gasteiger partial charge in [-0.3, -0.25) is 0 Å². The van der Waals surface area contributed by atoms with Gasteiger partial charge >= 0.3 is 0 Å². The molecular formula is C19H23NO. The molecule has 2 nitrogen and oxygen atoms in total. The van der Waals surface area contributed by atoms with E-state index >= 15 is 0 Å². The lowest BCUT2D eigenvalue weighted by atomic mass is 9.87. The van der Waals surface area contributed by atoms with Gasteiger partial charge in [0.25, 0.3) is 0 Å². The van der Waals surface area contributed by atoms with Crippen molar-refractivity contribution in [3.63, 3.8) is 0 Å². The van der Waals surface area contributed by atoms with Crippen LogP contribution in [0, 0.1) is 13.8 Å². The molecule has 0 spiro atoms. The van der Waals surface area contributed by atoms with E-state index in [1.54, 1.807) is 7.11 Å². The van der Waals surface area contributed by atoms with Crippen molar-refractivity contribution in [2.45, 2.75) is 39.2 Å². The van der Waals surface area contributed by atoms with Crippen LogP contribution in [0.2, 0.25) is 0 Å². The van der Waals surface area contributed by atoms with E-state index in [0.29, 0.717) is 6.04 Å². The van der Waals surface area contributed by atoms with Gasteiger partial charge in [0.15, 0.2) is 0 Å². The summed E-state index contributed by atoms with van der Waals surface area (Å²) >= 11 is 0. The van der Waals surface area contributed by atoms with Crippen molar-refractivity contribution in [3.05, 3.63) is 58.7 Å². The molecule has 2 aromatic carbocycles. The van der Waals surface area contributed by atoms with Crippen LogP contribution in [0.25, 0.3) is 0 Å². The zero-order valence-corrected chi connectivity index (χ0v) is 13.1. The van der Waals surface area contributed by atoms with Gasteiger partial charge in [-0.05, 0) is 68.0 Å². The summed E-state index contributed by atoms with van der Waals surface area (Å²) in [6, 6.07) is 13.4. The van der Waals surface area contributed by atoms with E-state index in [1.807, 2.05) is 0 Å². The Hall–Kier alpha value is -1.96. The highest BCUT2D eigenvalue weighted by atomic mass is 16.5. The molecule has 0 heterocycles. The monoisotopic (exact) mass is 281 g/mol. The second-order valence-electron chi connectivity index (χ2n) is 5.97. The Kier molecular flexibility index (Phi) is 3.87. The van der Waals surface area contributed by atoms with Crippen molar-refractivity contribution in [1.29, 1.82) is 0 Å². The number of benzene rings is 2. The molecule has 1 atom stereocenters. The van der Waals surface area contributed by atoms with Gasteiger partial charge in [0.05, 0.1) is 13.2 Å². The average Bonchev–Trinajstić information content (AvgIpc) is 2.50. The smallest absolute Gasteiger partial charge is 0.119 e. The van der Waals surface area contributed by atoms with Crippen molar-refractivity contribution >= 4 is 5.69 Å². The van der Waals surface area contributed by atoms with E-state index < -0.39 is 0 Å². The minimum atomic E-state index is 0.380. The molecule has 1 unspecified atom stereocenters. The van der Waals surface area contributed by atoms with Gasteiger partial charge in [-0.2, -0.15) is 0 Å². The van der Waals surface area contributed by atoms with Crippen LogP contribution in [0.5, 0.6) is 5.75 Å². The number of hydrogen-bond donors (Lipinski definition) is 1. The Morgan fingerprint density at radius 2 is 1.95 bits per heavy atom.